The fourth-order valence-electron chi connectivity index (χ4n) is 1.35. The number of Topliss-reactive ketones (excluding diaryl/α,β-unsaturated/α-hetero) is 1. The molecular formula is C12H18N2O2. The Morgan fingerprint density at radius 2 is 2.19 bits per heavy atom. The second-order valence-corrected chi connectivity index (χ2v) is 3.67. The van der Waals surface area contributed by atoms with E-state index in [1.54, 1.807) is 6.07 Å². The van der Waals surface area contributed by atoms with Gasteiger partial charge in [-0.15, -0.1) is 0 Å². The largest absolute Gasteiger partial charge is 0.478 e. The molecular weight excluding hydrogens is 204 g/mol. The van der Waals surface area contributed by atoms with E-state index in [9.17, 15) is 4.79 Å². The van der Waals surface area contributed by atoms with Crippen molar-refractivity contribution in [1.29, 1.82) is 0 Å². The van der Waals surface area contributed by atoms with E-state index in [1.807, 2.05) is 20.8 Å². The zero-order valence-electron chi connectivity index (χ0n) is 10.1. The molecule has 1 rings (SSSR count). The average molecular weight is 222 g/mol. The predicted octanol–water partition coefficient (Wildman–Crippen LogP) is 2.35. The van der Waals surface area contributed by atoms with Gasteiger partial charge in [-0.3, -0.25) is 4.79 Å². The van der Waals surface area contributed by atoms with Crippen molar-refractivity contribution in [3.05, 3.63) is 18.1 Å². The topological polar surface area (TPSA) is 52.1 Å². The van der Waals surface area contributed by atoms with Gasteiger partial charge < -0.3 is 4.74 Å². The Morgan fingerprint density at radius 3 is 2.81 bits per heavy atom. The quantitative estimate of drug-likeness (QED) is 0.741. The summed E-state index contributed by atoms with van der Waals surface area (Å²) in [4.78, 5) is 19.6. The lowest BCUT2D eigenvalue weighted by atomic mass is 10.0. The molecule has 0 N–H and O–H groups in total. The van der Waals surface area contributed by atoms with Crippen molar-refractivity contribution in [2.75, 3.05) is 6.61 Å². The number of aromatic nitrogens is 2. The van der Waals surface area contributed by atoms with Gasteiger partial charge in [-0.25, -0.2) is 9.97 Å². The normalized spacial score (nSPS) is 12.2. The molecule has 1 aromatic heterocycles. The molecule has 16 heavy (non-hydrogen) atoms. The fraction of sp³-hybridized carbons (Fsp3) is 0.583. The summed E-state index contributed by atoms with van der Waals surface area (Å²) in [7, 11) is 0. The third-order valence-corrected chi connectivity index (χ3v) is 2.39. The molecule has 4 nitrogen and oxygen atoms in total. The minimum absolute atomic E-state index is 0.181. The standard InChI is InChI=1S/C12H18N2O2/c1-4-6-16-12-7-10(13-8-14-12)9(3)11(15)5-2/h7-9H,4-6H2,1-3H3. The number of carbonyl (C=O) groups is 1. The van der Waals surface area contributed by atoms with Gasteiger partial charge in [0, 0.05) is 12.5 Å². The van der Waals surface area contributed by atoms with E-state index in [4.69, 9.17) is 4.74 Å². The van der Waals surface area contributed by atoms with Crippen LogP contribution in [-0.4, -0.2) is 22.4 Å². The number of rotatable bonds is 6. The lowest BCUT2D eigenvalue weighted by Gasteiger charge is -2.09. The number of ketones is 1. The van der Waals surface area contributed by atoms with Crippen molar-refractivity contribution < 1.29 is 9.53 Å². The molecule has 0 spiro atoms. The van der Waals surface area contributed by atoms with Crippen LogP contribution < -0.4 is 4.74 Å². The van der Waals surface area contributed by atoms with E-state index < -0.39 is 0 Å². The van der Waals surface area contributed by atoms with E-state index in [1.165, 1.54) is 6.33 Å². The maximum absolute atomic E-state index is 11.5. The van der Waals surface area contributed by atoms with Crippen LogP contribution in [0.25, 0.3) is 0 Å². The van der Waals surface area contributed by atoms with Gasteiger partial charge in [0.25, 0.3) is 0 Å². The third-order valence-electron chi connectivity index (χ3n) is 2.39. The van der Waals surface area contributed by atoms with Crippen LogP contribution in [-0.2, 0) is 4.79 Å². The Balaban J connectivity index is 2.77. The van der Waals surface area contributed by atoms with Gasteiger partial charge in [0.15, 0.2) is 0 Å². The summed E-state index contributed by atoms with van der Waals surface area (Å²) in [6.07, 6.45) is 2.90. The molecule has 1 heterocycles. The molecule has 1 aromatic rings. The molecule has 4 heteroatoms. The first-order valence-corrected chi connectivity index (χ1v) is 5.66. The van der Waals surface area contributed by atoms with Crippen molar-refractivity contribution in [2.45, 2.75) is 39.5 Å². The van der Waals surface area contributed by atoms with Gasteiger partial charge in [0.1, 0.15) is 12.1 Å². The van der Waals surface area contributed by atoms with E-state index in [0.717, 1.165) is 12.1 Å². The minimum Gasteiger partial charge on any atom is -0.478 e. The monoisotopic (exact) mass is 222 g/mol. The lowest BCUT2D eigenvalue weighted by molar-refractivity contribution is -0.119. The summed E-state index contributed by atoms with van der Waals surface area (Å²) in [5.74, 6) is 0.541. The molecule has 0 amide bonds. The van der Waals surface area contributed by atoms with Crippen molar-refractivity contribution in [1.82, 2.24) is 9.97 Å². The van der Waals surface area contributed by atoms with Crippen LogP contribution in [0.2, 0.25) is 0 Å². The fourth-order valence-corrected chi connectivity index (χ4v) is 1.35. The van der Waals surface area contributed by atoms with Gasteiger partial charge in [-0.1, -0.05) is 13.8 Å². The first kappa shape index (κ1) is 12.6. The SMILES string of the molecule is CCCOc1cc(C(C)C(=O)CC)ncn1. The summed E-state index contributed by atoms with van der Waals surface area (Å²) in [6.45, 7) is 6.38. The summed E-state index contributed by atoms with van der Waals surface area (Å²) >= 11 is 0. The van der Waals surface area contributed by atoms with Crippen molar-refractivity contribution in [3.8, 4) is 5.88 Å². The summed E-state index contributed by atoms with van der Waals surface area (Å²) in [5.41, 5.74) is 0.730. The average Bonchev–Trinajstić information content (AvgIpc) is 2.34. The molecule has 0 saturated heterocycles. The van der Waals surface area contributed by atoms with E-state index in [-0.39, 0.29) is 11.7 Å². The number of carbonyl (C=O) groups excluding carboxylic acids is 1. The van der Waals surface area contributed by atoms with Crippen molar-refractivity contribution >= 4 is 5.78 Å². The van der Waals surface area contributed by atoms with Crippen LogP contribution in [0.5, 0.6) is 5.88 Å². The highest BCUT2D eigenvalue weighted by molar-refractivity contribution is 5.84. The molecule has 1 unspecified atom stereocenters. The Bertz CT molecular complexity index is 353. The minimum atomic E-state index is -0.183. The molecule has 88 valence electrons. The maximum atomic E-state index is 11.5. The molecule has 0 aliphatic rings. The number of hydrogen-bond donors (Lipinski definition) is 0. The zero-order chi connectivity index (χ0) is 12.0. The molecule has 0 saturated carbocycles. The maximum Gasteiger partial charge on any atom is 0.216 e. The molecule has 0 aromatic carbocycles. The Morgan fingerprint density at radius 1 is 1.44 bits per heavy atom. The third kappa shape index (κ3) is 3.29. The molecule has 0 radical (unpaired) electrons. The molecule has 1 atom stereocenters. The van der Waals surface area contributed by atoms with Crippen LogP contribution in [0.3, 0.4) is 0 Å². The van der Waals surface area contributed by atoms with Gasteiger partial charge in [0.05, 0.1) is 18.2 Å². The van der Waals surface area contributed by atoms with Crippen molar-refractivity contribution in [3.63, 3.8) is 0 Å². The zero-order valence-corrected chi connectivity index (χ0v) is 10.1. The van der Waals surface area contributed by atoms with Gasteiger partial charge >= 0.3 is 0 Å². The molecule has 0 bridgehead atoms. The predicted molar refractivity (Wildman–Crippen MR) is 61.5 cm³/mol. The highest BCUT2D eigenvalue weighted by atomic mass is 16.5. The van der Waals surface area contributed by atoms with Gasteiger partial charge in [0.2, 0.25) is 5.88 Å². The first-order chi connectivity index (χ1) is 7.69. The summed E-state index contributed by atoms with van der Waals surface area (Å²) in [5, 5.41) is 0. The highest BCUT2D eigenvalue weighted by Crippen LogP contribution is 2.18. The summed E-state index contributed by atoms with van der Waals surface area (Å²) < 4.78 is 5.40. The van der Waals surface area contributed by atoms with Gasteiger partial charge in [-0.05, 0) is 13.3 Å². The Labute approximate surface area is 96.1 Å². The number of nitrogens with zero attached hydrogens (tertiary/aromatic N) is 2. The van der Waals surface area contributed by atoms with Crippen LogP contribution in [0, 0.1) is 0 Å². The molecule has 0 aliphatic carbocycles. The Kier molecular flexibility index (Phi) is 4.89. The van der Waals surface area contributed by atoms with Crippen LogP contribution >= 0.6 is 0 Å². The van der Waals surface area contributed by atoms with Crippen LogP contribution in [0.4, 0.5) is 0 Å². The summed E-state index contributed by atoms with van der Waals surface area (Å²) in [6, 6.07) is 1.74. The Hall–Kier alpha value is -1.45. The molecule has 0 aliphatic heterocycles. The second kappa shape index (κ2) is 6.20. The van der Waals surface area contributed by atoms with Gasteiger partial charge in [-0.2, -0.15) is 0 Å². The van der Waals surface area contributed by atoms with E-state index >= 15 is 0 Å². The van der Waals surface area contributed by atoms with Crippen LogP contribution in [0.1, 0.15) is 45.2 Å². The number of ether oxygens (including phenoxy) is 1. The lowest BCUT2D eigenvalue weighted by Crippen LogP contribution is -2.10. The van der Waals surface area contributed by atoms with Crippen LogP contribution in [0.15, 0.2) is 12.4 Å². The smallest absolute Gasteiger partial charge is 0.216 e. The van der Waals surface area contributed by atoms with Crippen molar-refractivity contribution in [2.24, 2.45) is 0 Å². The first-order valence-electron chi connectivity index (χ1n) is 5.66. The number of hydrogen-bond acceptors (Lipinski definition) is 4. The molecule has 0 fully saturated rings. The highest BCUT2D eigenvalue weighted by Gasteiger charge is 2.15. The van der Waals surface area contributed by atoms with E-state index in [2.05, 4.69) is 9.97 Å². The van der Waals surface area contributed by atoms with E-state index in [0.29, 0.717) is 18.9 Å². The second-order valence-electron chi connectivity index (χ2n) is 3.67.